The van der Waals surface area contributed by atoms with Crippen LogP contribution >= 0.6 is 11.6 Å². The van der Waals surface area contributed by atoms with Crippen molar-refractivity contribution < 1.29 is 0 Å². The zero-order valence-electron chi connectivity index (χ0n) is 7.71. The summed E-state index contributed by atoms with van der Waals surface area (Å²) < 4.78 is 0. The smallest absolute Gasteiger partial charge is 0.226 e. The largest absolute Gasteiger partial charge is 0.383 e. The number of nitrogen functional groups attached to an aromatic ring is 1. The van der Waals surface area contributed by atoms with E-state index in [4.69, 9.17) is 17.3 Å². The minimum atomic E-state index is 0.172. The lowest BCUT2D eigenvalue weighted by atomic mass is 10.2. The normalized spacial score (nSPS) is 12.5. The summed E-state index contributed by atoms with van der Waals surface area (Å²) in [6, 6.07) is 2.02. The molecule has 5 heteroatoms. The quantitative estimate of drug-likeness (QED) is 0.732. The molecular formula is C8H13ClN4. The Balaban J connectivity index is 2.77. The maximum atomic E-state index is 5.63. The topological polar surface area (TPSA) is 63.8 Å². The highest BCUT2D eigenvalue weighted by molar-refractivity contribution is 6.28. The van der Waals surface area contributed by atoms with Crippen LogP contribution in [0.3, 0.4) is 0 Å². The zero-order valence-corrected chi connectivity index (χ0v) is 8.47. The minimum Gasteiger partial charge on any atom is -0.383 e. The Kier molecular flexibility index (Phi) is 3.31. The Morgan fingerprint density at radius 1 is 1.62 bits per heavy atom. The molecule has 0 spiro atoms. The van der Waals surface area contributed by atoms with Crippen LogP contribution in [0.1, 0.15) is 20.3 Å². The van der Waals surface area contributed by atoms with Gasteiger partial charge in [0.1, 0.15) is 11.6 Å². The number of hydrogen-bond donors (Lipinski definition) is 2. The van der Waals surface area contributed by atoms with Crippen LogP contribution in [0.15, 0.2) is 6.07 Å². The van der Waals surface area contributed by atoms with Crippen molar-refractivity contribution in [3.8, 4) is 0 Å². The molecule has 1 aromatic heterocycles. The van der Waals surface area contributed by atoms with E-state index in [1.54, 1.807) is 6.07 Å². The molecule has 1 heterocycles. The molecule has 0 aliphatic carbocycles. The van der Waals surface area contributed by atoms with Crippen molar-refractivity contribution in [2.75, 3.05) is 11.1 Å². The van der Waals surface area contributed by atoms with Gasteiger partial charge < -0.3 is 11.1 Å². The van der Waals surface area contributed by atoms with Crippen LogP contribution in [0.5, 0.6) is 0 Å². The van der Waals surface area contributed by atoms with Crippen molar-refractivity contribution in [3.05, 3.63) is 11.3 Å². The highest BCUT2D eigenvalue weighted by Gasteiger charge is 2.02. The van der Waals surface area contributed by atoms with Crippen LogP contribution in [0.2, 0.25) is 5.28 Å². The van der Waals surface area contributed by atoms with Gasteiger partial charge in [0.2, 0.25) is 5.28 Å². The van der Waals surface area contributed by atoms with Gasteiger partial charge in [-0.2, -0.15) is 0 Å². The van der Waals surface area contributed by atoms with Gasteiger partial charge in [0.25, 0.3) is 0 Å². The molecule has 1 aromatic rings. The van der Waals surface area contributed by atoms with Gasteiger partial charge in [0.05, 0.1) is 0 Å². The zero-order chi connectivity index (χ0) is 9.84. The molecule has 0 bridgehead atoms. The van der Waals surface area contributed by atoms with Gasteiger partial charge in [0.15, 0.2) is 0 Å². The van der Waals surface area contributed by atoms with E-state index in [0.29, 0.717) is 17.7 Å². The van der Waals surface area contributed by atoms with Gasteiger partial charge in [-0.25, -0.2) is 9.97 Å². The molecule has 4 nitrogen and oxygen atoms in total. The van der Waals surface area contributed by atoms with Crippen LogP contribution < -0.4 is 11.1 Å². The maximum absolute atomic E-state index is 5.63. The van der Waals surface area contributed by atoms with Crippen molar-refractivity contribution >= 4 is 23.2 Å². The van der Waals surface area contributed by atoms with Crippen LogP contribution in [0, 0.1) is 0 Å². The molecule has 13 heavy (non-hydrogen) atoms. The molecule has 0 aromatic carbocycles. The van der Waals surface area contributed by atoms with Crippen molar-refractivity contribution in [1.29, 1.82) is 0 Å². The lowest BCUT2D eigenvalue weighted by Crippen LogP contribution is -2.15. The molecule has 0 saturated carbocycles. The second kappa shape index (κ2) is 4.28. The van der Waals surface area contributed by atoms with Gasteiger partial charge in [-0.05, 0) is 24.9 Å². The number of hydrogen-bond acceptors (Lipinski definition) is 4. The summed E-state index contributed by atoms with van der Waals surface area (Å²) in [4.78, 5) is 7.74. The average Bonchev–Trinajstić information content (AvgIpc) is 2.02. The highest BCUT2D eigenvalue weighted by atomic mass is 35.5. The lowest BCUT2D eigenvalue weighted by Gasteiger charge is -2.11. The van der Waals surface area contributed by atoms with Crippen LogP contribution in [0.25, 0.3) is 0 Å². The number of nitrogens with two attached hydrogens (primary N) is 1. The van der Waals surface area contributed by atoms with E-state index in [1.807, 2.05) is 0 Å². The summed E-state index contributed by atoms with van der Waals surface area (Å²) in [5, 5.41) is 3.33. The second-order valence-electron chi connectivity index (χ2n) is 2.90. The molecule has 72 valence electrons. The van der Waals surface area contributed by atoms with E-state index < -0.39 is 0 Å². The first-order valence-corrected chi connectivity index (χ1v) is 4.56. The first-order chi connectivity index (χ1) is 6.11. The Morgan fingerprint density at radius 2 is 2.31 bits per heavy atom. The second-order valence-corrected chi connectivity index (χ2v) is 3.24. The third kappa shape index (κ3) is 3.06. The van der Waals surface area contributed by atoms with E-state index in [2.05, 4.69) is 29.1 Å². The van der Waals surface area contributed by atoms with E-state index in [-0.39, 0.29) is 5.28 Å². The van der Waals surface area contributed by atoms with Crippen molar-refractivity contribution in [2.24, 2.45) is 0 Å². The van der Waals surface area contributed by atoms with Crippen molar-refractivity contribution in [1.82, 2.24) is 9.97 Å². The van der Waals surface area contributed by atoms with Crippen LogP contribution in [-0.4, -0.2) is 16.0 Å². The van der Waals surface area contributed by atoms with E-state index in [1.165, 1.54) is 0 Å². The number of aromatic nitrogens is 2. The third-order valence-electron chi connectivity index (χ3n) is 1.73. The van der Waals surface area contributed by atoms with Crippen molar-refractivity contribution in [2.45, 2.75) is 26.3 Å². The monoisotopic (exact) mass is 200 g/mol. The van der Waals surface area contributed by atoms with Crippen LogP contribution in [-0.2, 0) is 0 Å². The molecule has 0 aliphatic heterocycles. The number of nitrogens with zero attached hydrogens (tertiary/aromatic N) is 2. The van der Waals surface area contributed by atoms with Gasteiger partial charge in [-0.1, -0.05) is 6.92 Å². The van der Waals surface area contributed by atoms with Gasteiger partial charge in [-0.15, -0.1) is 0 Å². The number of rotatable bonds is 3. The predicted octanol–water partition coefficient (Wildman–Crippen LogP) is 1.92. The Morgan fingerprint density at radius 3 is 2.85 bits per heavy atom. The first-order valence-electron chi connectivity index (χ1n) is 4.18. The summed E-state index contributed by atoms with van der Waals surface area (Å²) >= 11 is 5.63. The third-order valence-corrected chi connectivity index (χ3v) is 1.89. The van der Waals surface area contributed by atoms with Crippen molar-refractivity contribution in [3.63, 3.8) is 0 Å². The fraction of sp³-hybridized carbons (Fsp3) is 0.500. The lowest BCUT2D eigenvalue weighted by molar-refractivity contribution is 0.758. The summed E-state index contributed by atoms with van der Waals surface area (Å²) in [6.07, 6.45) is 1.02. The fourth-order valence-electron chi connectivity index (χ4n) is 0.864. The van der Waals surface area contributed by atoms with Crippen LogP contribution in [0.4, 0.5) is 11.6 Å². The predicted molar refractivity (Wildman–Crippen MR) is 54.8 cm³/mol. The molecule has 0 fully saturated rings. The van der Waals surface area contributed by atoms with E-state index in [0.717, 1.165) is 6.42 Å². The molecule has 0 aliphatic rings. The molecule has 3 N–H and O–H groups in total. The van der Waals surface area contributed by atoms with E-state index in [9.17, 15) is 0 Å². The summed E-state index contributed by atoms with van der Waals surface area (Å²) in [7, 11) is 0. The van der Waals surface area contributed by atoms with Gasteiger partial charge in [-0.3, -0.25) is 0 Å². The SMILES string of the molecule is CC[C@@H](C)Nc1cc(N)nc(Cl)n1. The summed E-state index contributed by atoms with van der Waals surface area (Å²) in [5.41, 5.74) is 5.50. The first kappa shape index (κ1) is 10.1. The molecule has 1 rings (SSSR count). The Hall–Kier alpha value is -1.03. The minimum absolute atomic E-state index is 0.172. The summed E-state index contributed by atoms with van der Waals surface area (Å²) in [6.45, 7) is 4.15. The fourth-order valence-corrected chi connectivity index (χ4v) is 1.05. The Labute approximate surface area is 82.5 Å². The molecule has 0 amide bonds. The molecule has 1 atom stereocenters. The average molecular weight is 201 g/mol. The highest BCUT2D eigenvalue weighted by Crippen LogP contribution is 2.12. The number of nitrogens with one attached hydrogen (secondary N) is 1. The Bertz CT molecular complexity index is 269. The summed E-state index contributed by atoms with van der Waals surface area (Å²) in [5.74, 6) is 1.05. The van der Waals surface area contributed by atoms with Gasteiger partial charge >= 0.3 is 0 Å². The molecule has 0 saturated heterocycles. The maximum Gasteiger partial charge on any atom is 0.226 e. The number of anilines is 2. The van der Waals surface area contributed by atoms with E-state index >= 15 is 0 Å². The standard InChI is InChI=1S/C8H13ClN4/c1-3-5(2)11-7-4-6(10)12-8(9)13-7/h4-5H,3H2,1-2H3,(H3,10,11,12,13)/t5-/m1/s1. The molecule has 0 radical (unpaired) electrons. The van der Waals surface area contributed by atoms with Gasteiger partial charge in [0, 0.05) is 12.1 Å². The number of halogens is 1. The molecular weight excluding hydrogens is 188 g/mol. The molecule has 0 unspecified atom stereocenters.